The van der Waals surface area contributed by atoms with Gasteiger partial charge in [-0.2, -0.15) is 0 Å². The lowest BCUT2D eigenvalue weighted by Gasteiger charge is -2.11. The summed E-state index contributed by atoms with van der Waals surface area (Å²) in [5, 5.41) is 0.761. The second-order valence-electron chi connectivity index (χ2n) is 4.71. The van der Waals surface area contributed by atoms with Crippen LogP contribution in [0.15, 0.2) is 53.4 Å². The average molecular weight is 398 g/mol. The van der Waals surface area contributed by atoms with Crippen LogP contribution in [-0.2, 0) is 16.4 Å². The minimum Gasteiger partial charge on any atom is -0.496 e. The van der Waals surface area contributed by atoms with Crippen LogP contribution in [0.5, 0.6) is 5.75 Å². The van der Waals surface area contributed by atoms with Crippen LogP contribution in [0.25, 0.3) is 0 Å². The Bertz CT molecular complexity index is 791. The van der Waals surface area contributed by atoms with E-state index < -0.39 is 15.9 Å². The van der Waals surface area contributed by atoms with Crippen LogP contribution in [-0.4, -0.2) is 26.8 Å². The predicted octanol–water partition coefficient (Wildman–Crippen LogP) is 2.75. The number of carbonyl (C=O) groups is 1. The molecule has 0 saturated heterocycles. The lowest BCUT2D eigenvalue weighted by atomic mass is 10.1. The third kappa shape index (κ3) is 4.33. The number of methoxy groups -OCH3 is 1. The first-order chi connectivity index (χ1) is 11.0. The minimum atomic E-state index is -3.90. The molecule has 0 fully saturated rings. The van der Waals surface area contributed by atoms with E-state index in [9.17, 15) is 13.2 Å². The molecule has 23 heavy (non-hydrogen) atoms. The number of aryl methyl sites for hydroxylation is 1. The van der Waals surface area contributed by atoms with Crippen molar-refractivity contribution in [2.24, 2.45) is 0 Å². The monoisotopic (exact) mass is 397 g/mol. The summed E-state index contributed by atoms with van der Waals surface area (Å²) in [6.07, 6.45) is 0.743. The average Bonchev–Trinajstić information content (AvgIpc) is 2.56. The number of ether oxygens (including phenoxy) is 1. The zero-order chi connectivity index (χ0) is 16.9. The molecule has 0 bridgehead atoms. The maximum atomic E-state index is 12.2. The zero-order valence-corrected chi connectivity index (χ0v) is 14.9. The van der Waals surface area contributed by atoms with Crippen molar-refractivity contribution in [3.63, 3.8) is 0 Å². The number of carbonyl (C=O) groups excluding carboxylic acids is 1. The van der Waals surface area contributed by atoms with Gasteiger partial charge in [0.15, 0.2) is 0 Å². The predicted molar refractivity (Wildman–Crippen MR) is 91.6 cm³/mol. The van der Waals surface area contributed by atoms with Gasteiger partial charge in [-0.15, -0.1) is 0 Å². The van der Waals surface area contributed by atoms with Gasteiger partial charge in [-0.25, -0.2) is 13.1 Å². The molecule has 122 valence electrons. The van der Waals surface area contributed by atoms with Gasteiger partial charge in [-0.05, 0) is 36.2 Å². The van der Waals surface area contributed by atoms with Crippen LogP contribution in [0, 0.1) is 0 Å². The van der Waals surface area contributed by atoms with Crippen molar-refractivity contribution in [2.45, 2.75) is 11.3 Å². The molecule has 0 unspecified atom stereocenters. The molecular weight excluding hydrogens is 382 g/mol. The standard InChI is InChI=1S/C16H16BrNO4S/c1-22-15-11-13(8-7-12(15)9-10-17)16(19)18-23(20,21)14-5-3-2-4-6-14/h2-8,11H,9-10H2,1H3,(H,18,19). The number of amides is 1. The Morgan fingerprint density at radius 3 is 2.48 bits per heavy atom. The first kappa shape index (κ1) is 17.5. The van der Waals surface area contributed by atoms with Crippen molar-refractivity contribution in [3.05, 3.63) is 59.7 Å². The smallest absolute Gasteiger partial charge is 0.265 e. The van der Waals surface area contributed by atoms with Gasteiger partial charge in [-0.1, -0.05) is 40.2 Å². The van der Waals surface area contributed by atoms with E-state index in [0.29, 0.717) is 5.75 Å². The van der Waals surface area contributed by atoms with Crippen molar-refractivity contribution < 1.29 is 17.9 Å². The molecule has 0 radical (unpaired) electrons. The number of halogens is 1. The summed E-state index contributed by atoms with van der Waals surface area (Å²) in [7, 11) is -2.39. The lowest BCUT2D eigenvalue weighted by Crippen LogP contribution is -2.30. The molecule has 0 aliphatic carbocycles. The molecule has 2 aromatic carbocycles. The van der Waals surface area contributed by atoms with E-state index in [-0.39, 0.29) is 10.5 Å². The number of sulfonamides is 1. The highest BCUT2D eigenvalue weighted by Gasteiger charge is 2.19. The molecule has 5 nitrogen and oxygen atoms in total. The van der Waals surface area contributed by atoms with Crippen LogP contribution < -0.4 is 9.46 Å². The highest BCUT2D eigenvalue weighted by atomic mass is 79.9. The quantitative estimate of drug-likeness (QED) is 0.760. The Kier molecular flexibility index (Phi) is 5.79. The summed E-state index contributed by atoms with van der Waals surface area (Å²) in [5.41, 5.74) is 1.16. The number of hydrogen-bond donors (Lipinski definition) is 1. The van der Waals surface area contributed by atoms with Crippen LogP contribution >= 0.6 is 15.9 Å². The molecular formula is C16H16BrNO4S. The highest BCUT2D eigenvalue weighted by molar-refractivity contribution is 9.09. The summed E-state index contributed by atoms with van der Waals surface area (Å²) in [5.74, 6) is -0.147. The summed E-state index contributed by atoms with van der Waals surface area (Å²) in [6.45, 7) is 0. The Labute approximate surface area is 143 Å². The van der Waals surface area contributed by atoms with Crippen LogP contribution in [0.2, 0.25) is 0 Å². The molecule has 7 heteroatoms. The molecule has 0 aliphatic rings. The number of nitrogens with one attached hydrogen (secondary N) is 1. The van der Waals surface area contributed by atoms with Gasteiger partial charge in [-0.3, -0.25) is 4.79 Å². The fourth-order valence-electron chi connectivity index (χ4n) is 2.03. The SMILES string of the molecule is COc1cc(C(=O)NS(=O)(=O)c2ccccc2)ccc1CCBr. The van der Waals surface area contributed by atoms with E-state index in [1.807, 2.05) is 0 Å². The molecule has 0 aliphatic heterocycles. The maximum Gasteiger partial charge on any atom is 0.265 e. The Morgan fingerprint density at radius 1 is 1.17 bits per heavy atom. The molecule has 2 aromatic rings. The highest BCUT2D eigenvalue weighted by Crippen LogP contribution is 2.21. The third-order valence-corrected chi connectivity index (χ3v) is 4.94. The molecule has 0 aromatic heterocycles. The number of benzene rings is 2. The van der Waals surface area contributed by atoms with Crippen molar-refractivity contribution in [1.82, 2.24) is 4.72 Å². The summed E-state index contributed by atoms with van der Waals surface area (Å²) in [4.78, 5) is 12.3. The van der Waals surface area contributed by atoms with Gasteiger partial charge < -0.3 is 4.74 Å². The molecule has 1 amide bonds. The van der Waals surface area contributed by atoms with Crippen molar-refractivity contribution in [2.75, 3.05) is 12.4 Å². The summed E-state index contributed by atoms with van der Waals surface area (Å²) in [6, 6.07) is 12.6. The van der Waals surface area contributed by atoms with E-state index in [1.165, 1.54) is 25.3 Å². The topological polar surface area (TPSA) is 72.5 Å². The van der Waals surface area contributed by atoms with E-state index in [0.717, 1.165) is 17.3 Å². The van der Waals surface area contributed by atoms with Crippen LogP contribution in [0.3, 0.4) is 0 Å². The molecule has 1 N–H and O–H groups in total. The van der Waals surface area contributed by atoms with Crippen molar-refractivity contribution >= 4 is 31.9 Å². The van der Waals surface area contributed by atoms with Crippen LogP contribution in [0.4, 0.5) is 0 Å². The van der Waals surface area contributed by atoms with E-state index >= 15 is 0 Å². The van der Waals surface area contributed by atoms with Gasteiger partial charge in [0, 0.05) is 10.9 Å². The van der Waals surface area contributed by atoms with Crippen molar-refractivity contribution in [3.8, 4) is 5.75 Å². The molecule has 0 heterocycles. The van der Waals surface area contributed by atoms with E-state index in [4.69, 9.17) is 4.74 Å². The van der Waals surface area contributed by atoms with E-state index in [2.05, 4.69) is 20.7 Å². The lowest BCUT2D eigenvalue weighted by molar-refractivity contribution is 0.0981. The largest absolute Gasteiger partial charge is 0.496 e. The number of rotatable bonds is 6. The van der Waals surface area contributed by atoms with Gasteiger partial charge in [0.25, 0.3) is 15.9 Å². The fourth-order valence-corrected chi connectivity index (χ4v) is 3.46. The fraction of sp³-hybridized carbons (Fsp3) is 0.188. The van der Waals surface area contributed by atoms with E-state index in [1.54, 1.807) is 30.3 Å². The molecule has 0 atom stereocenters. The molecule has 0 saturated carbocycles. The minimum absolute atomic E-state index is 0.0382. The summed E-state index contributed by atoms with van der Waals surface area (Å²) >= 11 is 3.35. The zero-order valence-electron chi connectivity index (χ0n) is 12.5. The normalized spacial score (nSPS) is 11.0. The van der Waals surface area contributed by atoms with Gasteiger partial charge >= 0.3 is 0 Å². The third-order valence-electron chi connectivity index (χ3n) is 3.19. The van der Waals surface area contributed by atoms with Gasteiger partial charge in [0.05, 0.1) is 12.0 Å². The first-order valence-corrected chi connectivity index (χ1v) is 9.43. The Balaban J connectivity index is 2.24. The number of alkyl halides is 1. The summed E-state index contributed by atoms with van der Waals surface area (Å²) < 4.78 is 31.7. The van der Waals surface area contributed by atoms with Crippen molar-refractivity contribution in [1.29, 1.82) is 0 Å². The van der Waals surface area contributed by atoms with Gasteiger partial charge in [0.1, 0.15) is 5.75 Å². The second kappa shape index (κ2) is 7.61. The first-order valence-electron chi connectivity index (χ1n) is 6.83. The number of hydrogen-bond acceptors (Lipinski definition) is 4. The molecule has 2 rings (SSSR count). The molecule has 0 spiro atoms. The Morgan fingerprint density at radius 2 is 1.87 bits per heavy atom. The van der Waals surface area contributed by atoms with Gasteiger partial charge in [0.2, 0.25) is 0 Å². The maximum absolute atomic E-state index is 12.2. The Hall–Kier alpha value is -1.86. The second-order valence-corrected chi connectivity index (χ2v) is 7.19. The van der Waals surface area contributed by atoms with Crippen LogP contribution in [0.1, 0.15) is 15.9 Å².